The summed E-state index contributed by atoms with van der Waals surface area (Å²) in [5.74, 6) is -0.598. The molecule has 3 nitrogen and oxygen atoms in total. The van der Waals surface area contributed by atoms with E-state index in [1.54, 1.807) is 18.2 Å². The number of fused-ring (bicyclic) bond motifs is 1. The van der Waals surface area contributed by atoms with Gasteiger partial charge in [-0.2, -0.15) is 0 Å². The molecule has 2 aromatic rings. The Bertz CT molecular complexity index is 779. The number of halogens is 3. The van der Waals surface area contributed by atoms with Crippen LogP contribution in [0.25, 0.3) is 11.6 Å². The maximum atomic E-state index is 13.4. The summed E-state index contributed by atoms with van der Waals surface area (Å²) < 4.78 is 14.4. The lowest BCUT2D eigenvalue weighted by Crippen LogP contribution is -2.03. The predicted octanol–water partition coefficient (Wildman–Crippen LogP) is 4.55. The Labute approximate surface area is 136 Å². The molecule has 106 valence electrons. The number of carbonyl (C=O) groups excluding carboxylic acids is 1. The van der Waals surface area contributed by atoms with Crippen LogP contribution in [-0.4, -0.2) is 11.0 Å². The molecule has 2 N–H and O–H groups in total. The first-order valence-corrected chi connectivity index (χ1v) is 7.55. The largest absolute Gasteiger partial charge is 0.506 e. The van der Waals surface area contributed by atoms with Crippen molar-refractivity contribution < 1.29 is 14.3 Å². The first-order valence-electron chi connectivity index (χ1n) is 5.96. The molecule has 0 radical (unpaired) electrons. The van der Waals surface area contributed by atoms with Gasteiger partial charge in [0.1, 0.15) is 11.6 Å². The summed E-state index contributed by atoms with van der Waals surface area (Å²) in [6, 6.07) is 7.51. The lowest BCUT2D eigenvalue weighted by atomic mass is 10.0. The number of anilines is 1. The molecule has 0 saturated carbocycles. The number of hydrogen-bond acceptors (Lipinski definition) is 2. The summed E-state index contributed by atoms with van der Waals surface area (Å²) in [5, 5.41) is 12.4. The third kappa shape index (κ3) is 2.61. The van der Waals surface area contributed by atoms with Crippen LogP contribution in [0.2, 0.25) is 0 Å². The van der Waals surface area contributed by atoms with Gasteiger partial charge in [-0.25, -0.2) is 4.39 Å². The fraction of sp³-hybridized carbons (Fsp3) is 0. The van der Waals surface area contributed by atoms with Gasteiger partial charge in [0.2, 0.25) is 0 Å². The van der Waals surface area contributed by atoms with Gasteiger partial charge < -0.3 is 10.4 Å². The zero-order chi connectivity index (χ0) is 15.1. The van der Waals surface area contributed by atoms with Crippen molar-refractivity contribution in [1.29, 1.82) is 0 Å². The number of phenolic OH excluding ortho intramolecular Hbond substituents is 1. The summed E-state index contributed by atoms with van der Waals surface area (Å²) in [4.78, 5) is 12.0. The van der Waals surface area contributed by atoms with Crippen molar-refractivity contribution in [2.75, 3.05) is 5.32 Å². The summed E-state index contributed by atoms with van der Waals surface area (Å²) in [6.45, 7) is 0. The molecule has 0 fully saturated rings. The molecule has 0 bridgehead atoms. The van der Waals surface area contributed by atoms with E-state index in [9.17, 15) is 14.3 Å². The lowest BCUT2D eigenvalue weighted by molar-refractivity contribution is -0.110. The number of rotatable bonds is 1. The molecule has 21 heavy (non-hydrogen) atoms. The van der Waals surface area contributed by atoms with Gasteiger partial charge in [-0.3, -0.25) is 4.79 Å². The Kier molecular flexibility index (Phi) is 3.59. The minimum Gasteiger partial charge on any atom is -0.506 e. The fourth-order valence-electron chi connectivity index (χ4n) is 2.14. The van der Waals surface area contributed by atoms with Crippen LogP contribution in [0.5, 0.6) is 5.75 Å². The molecular weight excluding hydrogens is 405 g/mol. The molecule has 2 aromatic carbocycles. The van der Waals surface area contributed by atoms with Crippen molar-refractivity contribution >= 4 is 55.1 Å². The van der Waals surface area contributed by atoms with Crippen LogP contribution >= 0.6 is 31.9 Å². The lowest BCUT2D eigenvalue weighted by Gasteiger charge is -2.04. The topological polar surface area (TPSA) is 49.3 Å². The maximum absolute atomic E-state index is 13.4. The highest BCUT2D eigenvalue weighted by Crippen LogP contribution is 2.37. The van der Waals surface area contributed by atoms with Crippen LogP contribution in [0.4, 0.5) is 10.1 Å². The van der Waals surface area contributed by atoms with Gasteiger partial charge in [0.15, 0.2) is 0 Å². The fourth-order valence-corrected chi connectivity index (χ4v) is 3.36. The molecule has 0 aliphatic carbocycles. The van der Waals surface area contributed by atoms with E-state index in [-0.39, 0.29) is 11.7 Å². The van der Waals surface area contributed by atoms with Crippen LogP contribution in [-0.2, 0) is 4.79 Å². The van der Waals surface area contributed by atoms with Gasteiger partial charge in [-0.15, -0.1) is 0 Å². The summed E-state index contributed by atoms with van der Waals surface area (Å²) in [5.41, 5.74) is 2.20. The third-order valence-corrected chi connectivity index (χ3v) is 4.32. The number of amides is 1. The normalized spacial score (nSPS) is 15.2. The smallest absolute Gasteiger partial charge is 0.256 e. The number of nitrogens with one attached hydrogen (secondary N) is 1. The van der Waals surface area contributed by atoms with Gasteiger partial charge in [0, 0.05) is 16.8 Å². The molecule has 1 aliphatic heterocycles. The molecule has 0 saturated heterocycles. The first-order chi connectivity index (χ1) is 9.95. The van der Waals surface area contributed by atoms with E-state index in [0.717, 1.165) is 0 Å². The predicted molar refractivity (Wildman–Crippen MR) is 86.4 cm³/mol. The van der Waals surface area contributed by atoms with Crippen molar-refractivity contribution in [2.24, 2.45) is 0 Å². The van der Waals surface area contributed by atoms with Gasteiger partial charge >= 0.3 is 0 Å². The standard InChI is InChI=1S/C15H8Br2FNO2/c16-11-4-7(5-12(17)14(11)20)3-10-9-6-8(18)1-2-13(9)19-15(10)21/h1-6,20H,(H,19,21)/b10-3+. The summed E-state index contributed by atoms with van der Waals surface area (Å²) >= 11 is 6.47. The number of benzene rings is 2. The van der Waals surface area contributed by atoms with Crippen LogP contribution in [0.1, 0.15) is 11.1 Å². The van der Waals surface area contributed by atoms with Gasteiger partial charge in [-0.05, 0) is 73.8 Å². The van der Waals surface area contributed by atoms with E-state index in [2.05, 4.69) is 37.2 Å². The van der Waals surface area contributed by atoms with E-state index in [0.29, 0.717) is 31.3 Å². The van der Waals surface area contributed by atoms with E-state index in [4.69, 9.17) is 0 Å². The van der Waals surface area contributed by atoms with Crippen LogP contribution in [0, 0.1) is 5.82 Å². The Morgan fingerprint density at radius 1 is 1.14 bits per heavy atom. The van der Waals surface area contributed by atoms with Crippen molar-refractivity contribution in [3.05, 3.63) is 56.2 Å². The van der Waals surface area contributed by atoms with Crippen LogP contribution in [0.3, 0.4) is 0 Å². The average molecular weight is 413 g/mol. The SMILES string of the molecule is O=C1Nc2ccc(F)cc2/C1=C\c1cc(Br)c(O)c(Br)c1. The second-order valence-electron chi connectivity index (χ2n) is 4.54. The maximum Gasteiger partial charge on any atom is 0.256 e. The second kappa shape index (κ2) is 5.27. The van der Waals surface area contributed by atoms with Crippen molar-refractivity contribution in [1.82, 2.24) is 0 Å². The van der Waals surface area contributed by atoms with Crippen molar-refractivity contribution in [3.8, 4) is 5.75 Å². The molecule has 6 heteroatoms. The number of hydrogen-bond donors (Lipinski definition) is 2. The Hall–Kier alpha value is -1.66. The number of carbonyl (C=O) groups is 1. The second-order valence-corrected chi connectivity index (χ2v) is 6.24. The molecule has 1 aliphatic rings. The Balaban J connectivity index is 2.13. The first kappa shape index (κ1) is 14.3. The highest BCUT2D eigenvalue weighted by atomic mass is 79.9. The molecule has 0 spiro atoms. The average Bonchev–Trinajstić information content (AvgIpc) is 2.72. The minimum atomic E-state index is -0.399. The summed E-state index contributed by atoms with van der Waals surface area (Å²) in [6.07, 6.45) is 1.65. The van der Waals surface area contributed by atoms with Crippen molar-refractivity contribution in [3.63, 3.8) is 0 Å². The molecule has 1 heterocycles. The molecular formula is C15H8Br2FNO2. The molecule has 0 atom stereocenters. The van der Waals surface area contributed by atoms with E-state index in [1.165, 1.54) is 18.2 Å². The minimum absolute atomic E-state index is 0.0828. The molecule has 0 aromatic heterocycles. The van der Waals surface area contributed by atoms with E-state index in [1.807, 2.05) is 0 Å². The van der Waals surface area contributed by atoms with Gasteiger partial charge in [0.25, 0.3) is 5.91 Å². The van der Waals surface area contributed by atoms with Crippen LogP contribution in [0.15, 0.2) is 39.3 Å². The number of aromatic hydroxyl groups is 1. The van der Waals surface area contributed by atoms with Gasteiger partial charge in [-0.1, -0.05) is 0 Å². The quantitative estimate of drug-likeness (QED) is 0.675. The zero-order valence-electron chi connectivity index (χ0n) is 10.5. The molecule has 0 unspecified atom stereocenters. The summed E-state index contributed by atoms with van der Waals surface area (Å²) in [7, 11) is 0. The Morgan fingerprint density at radius 2 is 1.81 bits per heavy atom. The monoisotopic (exact) mass is 411 g/mol. The van der Waals surface area contributed by atoms with Crippen LogP contribution < -0.4 is 5.32 Å². The third-order valence-electron chi connectivity index (χ3n) is 3.11. The highest BCUT2D eigenvalue weighted by molar-refractivity contribution is 9.11. The molecule has 1 amide bonds. The highest BCUT2D eigenvalue weighted by Gasteiger charge is 2.24. The Morgan fingerprint density at radius 3 is 2.48 bits per heavy atom. The zero-order valence-corrected chi connectivity index (χ0v) is 13.6. The number of phenols is 1. The van der Waals surface area contributed by atoms with E-state index < -0.39 is 5.82 Å². The van der Waals surface area contributed by atoms with Crippen molar-refractivity contribution in [2.45, 2.75) is 0 Å². The van der Waals surface area contributed by atoms with E-state index >= 15 is 0 Å². The van der Waals surface area contributed by atoms with Gasteiger partial charge in [0.05, 0.1) is 8.95 Å². The molecule has 3 rings (SSSR count).